The van der Waals surface area contributed by atoms with Gasteiger partial charge in [0.2, 0.25) is 0 Å². The molecule has 0 spiro atoms. The minimum atomic E-state index is -0.364. The average Bonchev–Trinajstić information content (AvgIpc) is 2.41. The minimum Gasteiger partial charge on any atom is -0.391 e. The predicted molar refractivity (Wildman–Crippen MR) is 75.6 cm³/mol. The molecular formula is C16H18FNO. The number of anilines is 1. The van der Waals surface area contributed by atoms with E-state index in [0.29, 0.717) is 12.1 Å². The molecule has 2 nitrogen and oxygen atoms in total. The lowest BCUT2D eigenvalue weighted by atomic mass is 10.1. The van der Waals surface area contributed by atoms with Gasteiger partial charge < -0.3 is 10.0 Å². The summed E-state index contributed by atoms with van der Waals surface area (Å²) in [4.78, 5) is 1.96. The highest BCUT2D eigenvalue weighted by molar-refractivity contribution is 5.54. The lowest BCUT2D eigenvalue weighted by molar-refractivity contribution is 0.276. The van der Waals surface area contributed by atoms with Crippen molar-refractivity contribution in [3.63, 3.8) is 0 Å². The molecule has 0 heterocycles. The van der Waals surface area contributed by atoms with Crippen molar-refractivity contribution in [3.8, 4) is 0 Å². The molecule has 1 N–H and O–H groups in total. The van der Waals surface area contributed by atoms with Gasteiger partial charge >= 0.3 is 0 Å². The van der Waals surface area contributed by atoms with Crippen molar-refractivity contribution in [2.24, 2.45) is 0 Å². The third-order valence-corrected chi connectivity index (χ3v) is 3.33. The Kier molecular flexibility index (Phi) is 4.17. The van der Waals surface area contributed by atoms with Gasteiger partial charge in [-0.2, -0.15) is 0 Å². The molecule has 0 atom stereocenters. The van der Waals surface area contributed by atoms with E-state index in [4.69, 9.17) is 0 Å². The maximum atomic E-state index is 13.6. The maximum absolute atomic E-state index is 13.6. The fourth-order valence-electron chi connectivity index (χ4n) is 2.19. The zero-order valence-corrected chi connectivity index (χ0v) is 11.2. The minimum absolute atomic E-state index is 0.292. The summed E-state index contributed by atoms with van der Waals surface area (Å²) in [5, 5.41) is 9.30. The van der Waals surface area contributed by atoms with Crippen molar-refractivity contribution in [2.45, 2.75) is 20.1 Å². The number of hydrogen-bond acceptors (Lipinski definition) is 2. The number of halogens is 1. The zero-order chi connectivity index (χ0) is 13.8. The van der Waals surface area contributed by atoms with Gasteiger partial charge in [-0.3, -0.25) is 0 Å². The normalized spacial score (nSPS) is 10.5. The molecule has 0 unspecified atom stereocenters. The van der Waals surface area contributed by atoms with Gasteiger partial charge in [0.1, 0.15) is 5.82 Å². The number of aryl methyl sites for hydroxylation is 1. The molecule has 0 saturated carbocycles. The van der Waals surface area contributed by atoms with Gasteiger partial charge in [-0.05, 0) is 30.2 Å². The molecule has 0 aromatic heterocycles. The molecule has 3 heteroatoms. The summed E-state index contributed by atoms with van der Waals surface area (Å²) in [7, 11) is 1.90. The van der Waals surface area contributed by atoms with Crippen LogP contribution in [0.25, 0.3) is 0 Å². The molecular weight excluding hydrogens is 241 g/mol. The Morgan fingerprint density at radius 2 is 1.84 bits per heavy atom. The molecule has 0 fully saturated rings. The number of rotatable bonds is 4. The third-order valence-electron chi connectivity index (χ3n) is 3.33. The van der Waals surface area contributed by atoms with Crippen molar-refractivity contribution < 1.29 is 9.50 Å². The quantitative estimate of drug-likeness (QED) is 0.911. The van der Waals surface area contributed by atoms with Crippen LogP contribution in [0.15, 0.2) is 42.5 Å². The molecule has 0 amide bonds. The van der Waals surface area contributed by atoms with E-state index >= 15 is 0 Å². The summed E-state index contributed by atoms with van der Waals surface area (Å²) < 4.78 is 13.6. The first kappa shape index (κ1) is 13.6. The molecule has 0 aliphatic rings. The molecule has 0 saturated heterocycles. The summed E-state index contributed by atoms with van der Waals surface area (Å²) in [6.07, 6.45) is 0. The zero-order valence-electron chi connectivity index (χ0n) is 11.2. The van der Waals surface area contributed by atoms with Gasteiger partial charge in [0.15, 0.2) is 0 Å². The van der Waals surface area contributed by atoms with E-state index in [1.165, 1.54) is 17.2 Å². The van der Waals surface area contributed by atoms with Crippen molar-refractivity contribution in [1.82, 2.24) is 0 Å². The molecule has 2 rings (SSSR count). The molecule has 100 valence electrons. The van der Waals surface area contributed by atoms with Crippen molar-refractivity contribution in [1.29, 1.82) is 0 Å². The number of nitrogens with zero attached hydrogens (tertiary/aromatic N) is 1. The van der Waals surface area contributed by atoms with Crippen LogP contribution in [0.4, 0.5) is 10.1 Å². The number of hydrogen-bond donors (Lipinski definition) is 1. The first-order valence-corrected chi connectivity index (χ1v) is 6.27. The van der Waals surface area contributed by atoms with Crippen LogP contribution in [0, 0.1) is 12.7 Å². The Bertz CT molecular complexity index is 568. The molecule has 19 heavy (non-hydrogen) atoms. The first-order chi connectivity index (χ1) is 9.13. The third kappa shape index (κ3) is 2.93. The molecule has 0 aliphatic carbocycles. The molecule has 0 bridgehead atoms. The topological polar surface area (TPSA) is 23.5 Å². The van der Waals surface area contributed by atoms with E-state index in [1.807, 2.05) is 30.1 Å². The van der Waals surface area contributed by atoms with Gasteiger partial charge in [0.25, 0.3) is 0 Å². The summed E-state index contributed by atoms with van der Waals surface area (Å²) in [5.74, 6) is -0.364. The van der Waals surface area contributed by atoms with Crippen LogP contribution >= 0.6 is 0 Å². The van der Waals surface area contributed by atoms with Crippen LogP contribution in [0.2, 0.25) is 0 Å². The lowest BCUT2D eigenvalue weighted by Crippen LogP contribution is -2.19. The largest absolute Gasteiger partial charge is 0.391 e. The van der Waals surface area contributed by atoms with Crippen molar-refractivity contribution in [2.75, 3.05) is 11.9 Å². The van der Waals surface area contributed by atoms with Crippen LogP contribution in [0.3, 0.4) is 0 Å². The Hall–Kier alpha value is -1.87. The van der Waals surface area contributed by atoms with Crippen molar-refractivity contribution in [3.05, 3.63) is 65.0 Å². The second-order valence-electron chi connectivity index (χ2n) is 4.68. The first-order valence-electron chi connectivity index (χ1n) is 6.27. The van der Waals surface area contributed by atoms with Gasteiger partial charge in [0.05, 0.1) is 6.61 Å². The molecule has 0 radical (unpaired) electrons. The standard InChI is InChI=1S/C16H18FNO/c1-12-6-3-4-7-13(12)10-18(2)16-9-5-8-15(17)14(16)11-19/h3-9,19H,10-11H2,1-2H3. The van der Waals surface area contributed by atoms with Crippen molar-refractivity contribution >= 4 is 5.69 Å². The Labute approximate surface area is 113 Å². The number of aliphatic hydroxyl groups excluding tert-OH is 1. The summed E-state index contributed by atoms with van der Waals surface area (Å²) in [6.45, 7) is 2.45. The van der Waals surface area contributed by atoms with E-state index < -0.39 is 0 Å². The monoisotopic (exact) mass is 259 g/mol. The van der Waals surface area contributed by atoms with E-state index in [-0.39, 0.29) is 12.4 Å². The van der Waals surface area contributed by atoms with Crippen LogP contribution in [0.5, 0.6) is 0 Å². The SMILES string of the molecule is Cc1ccccc1CN(C)c1cccc(F)c1CO. The molecule has 2 aromatic rings. The van der Waals surface area contributed by atoms with Crippen LogP contribution < -0.4 is 4.90 Å². The highest BCUT2D eigenvalue weighted by Gasteiger charge is 2.12. The van der Waals surface area contributed by atoms with E-state index in [9.17, 15) is 9.50 Å². The van der Waals surface area contributed by atoms with Crippen LogP contribution in [-0.2, 0) is 13.2 Å². The average molecular weight is 259 g/mol. The lowest BCUT2D eigenvalue weighted by Gasteiger charge is -2.23. The Morgan fingerprint density at radius 1 is 1.11 bits per heavy atom. The number of aliphatic hydroxyl groups is 1. The molecule has 2 aromatic carbocycles. The second kappa shape index (κ2) is 5.85. The fourth-order valence-corrected chi connectivity index (χ4v) is 2.19. The van der Waals surface area contributed by atoms with Gasteiger partial charge in [-0.25, -0.2) is 4.39 Å². The summed E-state index contributed by atoms with van der Waals surface area (Å²) in [6, 6.07) is 13.0. The van der Waals surface area contributed by atoms with E-state index in [2.05, 4.69) is 19.1 Å². The Balaban J connectivity index is 2.28. The highest BCUT2D eigenvalue weighted by atomic mass is 19.1. The Morgan fingerprint density at radius 3 is 2.53 bits per heavy atom. The van der Waals surface area contributed by atoms with Crippen LogP contribution in [-0.4, -0.2) is 12.2 Å². The van der Waals surface area contributed by atoms with Crippen LogP contribution in [0.1, 0.15) is 16.7 Å². The summed E-state index contributed by atoms with van der Waals surface area (Å²) in [5.41, 5.74) is 3.47. The maximum Gasteiger partial charge on any atom is 0.130 e. The van der Waals surface area contributed by atoms with Gasteiger partial charge in [0, 0.05) is 24.8 Å². The second-order valence-corrected chi connectivity index (χ2v) is 4.68. The van der Waals surface area contributed by atoms with Gasteiger partial charge in [-0.15, -0.1) is 0 Å². The fraction of sp³-hybridized carbons (Fsp3) is 0.250. The van der Waals surface area contributed by atoms with Gasteiger partial charge in [-0.1, -0.05) is 30.3 Å². The number of benzene rings is 2. The smallest absolute Gasteiger partial charge is 0.130 e. The van der Waals surface area contributed by atoms with E-state index in [1.54, 1.807) is 6.07 Å². The predicted octanol–water partition coefficient (Wildman–Crippen LogP) is 3.26. The highest BCUT2D eigenvalue weighted by Crippen LogP contribution is 2.24. The summed E-state index contributed by atoms with van der Waals surface area (Å²) >= 11 is 0. The van der Waals surface area contributed by atoms with E-state index in [0.717, 1.165) is 5.69 Å². The molecule has 0 aliphatic heterocycles.